The van der Waals surface area contributed by atoms with Gasteiger partial charge in [-0.2, -0.15) is 8.78 Å². The van der Waals surface area contributed by atoms with Crippen molar-refractivity contribution >= 4 is 17.7 Å². The second kappa shape index (κ2) is 7.22. The summed E-state index contributed by atoms with van der Waals surface area (Å²) in [6.45, 7) is 3.47. The molecule has 21 heavy (non-hydrogen) atoms. The molecule has 0 amide bonds. The zero-order valence-electron chi connectivity index (χ0n) is 11.8. The van der Waals surface area contributed by atoms with Crippen molar-refractivity contribution in [2.45, 2.75) is 43.0 Å². The van der Waals surface area contributed by atoms with Crippen LogP contribution in [0, 0.1) is 5.92 Å². The van der Waals surface area contributed by atoms with Crippen LogP contribution in [-0.4, -0.2) is 34.3 Å². The number of thioether (sulfide) groups is 1. The van der Waals surface area contributed by atoms with E-state index in [-0.39, 0.29) is 12.0 Å². The average Bonchev–Trinajstić information content (AvgIpc) is 2.42. The summed E-state index contributed by atoms with van der Waals surface area (Å²) >= 11 is 0.533. The van der Waals surface area contributed by atoms with Crippen molar-refractivity contribution < 1.29 is 18.7 Å². The fraction of sp³-hybridized carbons (Fsp3) is 0.533. The largest absolute Gasteiger partial charge is 0.481 e. The van der Waals surface area contributed by atoms with Gasteiger partial charge in [-0.15, -0.1) is 0 Å². The number of alkyl halides is 2. The molecule has 1 N–H and O–H groups in total. The second-order valence-corrected chi connectivity index (χ2v) is 6.38. The van der Waals surface area contributed by atoms with Crippen LogP contribution < -0.4 is 0 Å². The monoisotopic (exact) mass is 315 g/mol. The first-order valence-corrected chi connectivity index (χ1v) is 7.86. The van der Waals surface area contributed by atoms with Crippen molar-refractivity contribution in [2.24, 2.45) is 5.92 Å². The Hall–Kier alpha value is -1.14. The van der Waals surface area contributed by atoms with Crippen LogP contribution in [0.15, 0.2) is 29.2 Å². The Labute approximate surface area is 127 Å². The molecule has 1 fully saturated rings. The van der Waals surface area contributed by atoms with Crippen molar-refractivity contribution in [1.29, 1.82) is 0 Å². The topological polar surface area (TPSA) is 40.5 Å². The predicted molar refractivity (Wildman–Crippen MR) is 78.5 cm³/mol. The van der Waals surface area contributed by atoms with Gasteiger partial charge in [0.15, 0.2) is 0 Å². The number of benzene rings is 1. The van der Waals surface area contributed by atoms with Crippen molar-refractivity contribution in [3.63, 3.8) is 0 Å². The van der Waals surface area contributed by atoms with Gasteiger partial charge in [-0.25, -0.2) is 0 Å². The highest BCUT2D eigenvalue weighted by Crippen LogP contribution is 2.27. The van der Waals surface area contributed by atoms with Gasteiger partial charge in [0.05, 0.1) is 5.92 Å². The van der Waals surface area contributed by atoms with Crippen LogP contribution in [0.3, 0.4) is 0 Å². The summed E-state index contributed by atoms with van der Waals surface area (Å²) in [5.74, 6) is -3.47. The van der Waals surface area contributed by atoms with E-state index >= 15 is 0 Å². The molecule has 1 aliphatic rings. The molecule has 0 bridgehead atoms. The van der Waals surface area contributed by atoms with Crippen LogP contribution in [0.4, 0.5) is 8.78 Å². The Morgan fingerprint density at radius 2 is 2.10 bits per heavy atom. The molecule has 1 aliphatic heterocycles. The van der Waals surface area contributed by atoms with Gasteiger partial charge in [0.25, 0.3) is 5.76 Å². The number of carbonyl (C=O) groups is 1. The summed E-state index contributed by atoms with van der Waals surface area (Å²) in [4.78, 5) is 13.9. The van der Waals surface area contributed by atoms with Gasteiger partial charge in [-0.1, -0.05) is 23.9 Å². The number of rotatable bonds is 5. The predicted octanol–water partition coefficient (Wildman–Crippen LogP) is 3.69. The lowest BCUT2D eigenvalue weighted by Gasteiger charge is -2.37. The third kappa shape index (κ3) is 4.41. The van der Waals surface area contributed by atoms with E-state index in [4.69, 9.17) is 0 Å². The van der Waals surface area contributed by atoms with E-state index in [1.54, 1.807) is 12.1 Å². The van der Waals surface area contributed by atoms with Gasteiger partial charge in [0, 0.05) is 17.5 Å². The minimum absolute atomic E-state index is 0.00799. The Morgan fingerprint density at radius 1 is 1.43 bits per heavy atom. The molecule has 116 valence electrons. The van der Waals surface area contributed by atoms with E-state index < -0.39 is 11.7 Å². The highest BCUT2D eigenvalue weighted by Gasteiger charge is 2.32. The first-order chi connectivity index (χ1) is 9.97. The third-order valence-electron chi connectivity index (χ3n) is 3.97. The molecule has 1 aromatic carbocycles. The molecule has 0 saturated carbocycles. The quantitative estimate of drug-likeness (QED) is 0.841. The molecule has 0 unspecified atom stereocenters. The van der Waals surface area contributed by atoms with Gasteiger partial charge < -0.3 is 5.11 Å². The van der Waals surface area contributed by atoms with E-state index in [1.807, 2.05) is 19.1 Å². The van der Waals surface area contributed by atoms with Crippen LogP contribution >= 0.6 is 11.8 Å². The Balaban J connectivity index is 1.98. The second-order valence-electron chi connectivity index (χ2n) is 5.32. The number of halogens is 2. The SMILES string of the molecule is C[C@@H]1[C@H](C(=O)O)CCCN1Cc1ccc(SC(F)F)cc1. The molecule has 0 spiro atoms. The summed E-state index contributed by atoms with van der Waals surface area (Å²) in [6, 6.07) is 7.04. The van der Waals surface area contributed by atoms with Crippen LogP contribution in [0.2, 0.25) is 0 Å². The molecule has 1 heterocycles. The number of hydrogen-bond acceptors (Lipinski definition) is 3. The molecular formula is C15H19F2NO2S. The van der Waals surface area contributed by atoms with Gasteiger partial charge in [0.1, 0.15) is 0 Å². The maximum atomic E-state index is 12.3. The van der Waals surface area contributed by atoms with Gasteiger partial charge in [-0.05, 0) is 44.0 Å². The van der Waals surface area contributed by atoms with Crippen molar-refractivity contribution in [2.75, 3.05) is 6.54 Å². The summed E-state index contributed by atoms with van der Waals surface area (Å²) in [5, 5.41) is 9.21. The molecule has 1 saturated heterocycles. The lowest BCUT2D eigenvalue weighted by atomic mass is 9.90. The van der Waals surface area contributed by atoms with Crippen molar-refractivity contribution in [1.82, 2.24) is 4.90 Å². The molecule has 2 rings (SSSR count). The van der Waals surface area contributed by atoms with Gasteiger partial charge in [0.2, 0.25) is 0 Å². The lowest BCUT2D eigenvalue weighted by Crippen LogP contribution is -2.45. The lowest BCUT2D eigenvalue weighted by molar-refractivity contribution is -0.145. The first-order valence-electron chi connectivity index (χ1n) is 6.98. The summed E-state index contributed by atoms with van der Waals surface area (Å²) in [5.41, 5.74) is 1.02. The smallest absolute Gasteiger partial charge is 0.308 e. The van der Waals surface area contributed by atoms with Gasteiger partial charge >= 0.3 is 5.97 Å². The van der Waals surface area contributed by atoms with Gasteiger partial charge in [-0.3, -0.25) is 9.69 Å². The normalized spacial score (nSPS) is 23.4. The number of hydrogen-bond donors (Lipinski definition) is 1. The molecule has 6 heteroatoms. The molecule has 3 nitrogen and oxygen atoms in total. The van der Waals surface area contributed by atoms with E-state index in [0.717, 1.165) is 24.9 Å². The molecule has 0 radical (unpaired) electrons. The molecule has 2 atom stereocenters. The minimum Gasteiger partial charge on any atom is -0.481 e. The maximum Gasteiger partial charge on any atom is 0.308 e. The van der Waals surface area contributed by atoms with E-state index in [9.17, 15) is 18.7 Å². The minimum atomic E-state index is -2.41. The number of carboxylic acids is 1. The maximum absolute atomic E-state index is 12.3. The van der Waals surface area contributed by atoms with E-state index in [0.29, 0.717) is 23.2 Å². The fourth-order valence-corrected chi connectivity index (χ4v) is 3.28. The van der Waals surface area contributed by atoms with E-state index in [2.05, 4.69) is 4.90 Å². The Morgan fingerprint density at radius 3 is 2.67 bits per heavy atom. The molecule has 0 aliphatic carbocycles. The third-order valence-corrected chi connectivity index (χ3v) is 4.69. The standard InChI is InChI=1S/C15H19F2NO2S/c1-10-13(14(19)20)3-2-8-18(10)9-11-4-6-12(7-5-11)21-15(16)17/h4-7,10,13,15H,2-3,8-9H2,1H3,(H,19,20)/t10-,13-/m1/s1. The summed E-state index contributed by atoms with van der Waals surface area (Å²) in [7, 11) is 0. The van der Waals surface area contributed by atoms with Crippen LogP contribution in [-0.2, 0) is 11.3 Å². The Bertz CT molecular complexity index is 481. The Kier molecular flexibility index (Phi) is 5.58. The highest BCUT2D eigenvalue weighted by atomic mass is 32.2. The number of carboxylic acid groups (broad SMARTS) is 1. The zero-order valence-corrected chi connectivity index (χ0v) is 12.7. The van der Waals surface area contributed by atoms with Crippen molar-refractivity contribution in [3.05, 3.63) is 29.8 Å². The number of nitrogens with zero attached hydrogens (tertiary/aromatic N) is 1. The van der Waals surface area contributed by atoms with Crippen LogP contribution in [0.1, 0.15) is 25.3 Å². The van der Waals surface area contributed by atoms with E-state index in [1.165, 1.54) is 0 Å². The van der Waals surface area contributed by atoms with Crippen LogP contribution in [0.5, 0.6) is 0 Å². The fourth-order valence-electron chi connectivity index (χ4n) is 2.78. The molecular weight excluding hydrogens is 296 g/mol. The average molecular weight is 315 g/mol. The number of aliphatic carboxylic acids is 1. The first kappa shape index (κ1) is 16.2. The highest BCUT2D eigenvalue weighted by molar-refractivity contribution is 7.99. The van der Waals surface area contributed by atoms with Crippen molar-refractivity contribution in [3.8, 4) is 0 Å². The number of piperidine rings is 1. The number of likely N-dealkylation sites (tertiary alicyclic amines) is 1. The summed E-state index contributed by atoms with van der Waals surface area (Å²) < 4.78 is 24.5. The molecule has 1 aromatic rings. The van der Waals surface area contributed by atoms with Crippen LogP contribution in [0.25, 0.3) is 0 Å². The summed E-state index contributed by atoms with van der Waals surface area (Å²) in [6.07, 6.45) is 1.59. The zero-order chi connectivity index (χ0) is 15.4. The molecule has 0 aromatic heterocycles.